The topological polar surface area (TPSA) is 80.5 Å². The minimum Gasteiger partial charge on any atom is -0.497 e. The molecule has 2 heterocycles. The van der Waals surface area contributed by atoms with E-state index in [2.05, 4.69) is 20.4 Å². The Labute approximate surface area is 169 Å². The fourth-order valence-corrected chi connectivity index (χ4v) is 3.72. The molecule has 1 aromatic heterocycles. The van der Waals surface area contributed by atoms with E-state index in [0.29, 0.717) is 18.9 Å². The van der Waals surface area contributed by atoms with Crippen LogP contribution in [-0.4, -0.2) is 41.1 Å². The first-order valence-corrected chi connectivity index (χ1v) is 9.75. The van der Waals surface area contributed by atoms with E-state index in [0.717, 1.165) is 42.0 Å². The van der Waals surface area contributed by atoms with E-state index in [1.54, 1.807) is 7.11 Å². The molecular formula is C22H24N4O3. The summed E-state index contributed by atoms with van der Waals surface area (Å²) >= 11 is 0. The van der Waals surface area contributed by atoms with Crippen LogP contribution in [0.2, 0.25) is 0 Å². The average Bonchev–Trinajstić information content (AvgIpc) is 3.27. The van der Waals surface area contributed by atoms with Crippen LogP contribution < -0.4 is 10.1 Å². The van der Waals surface area contributed by atoms with Crippen LogP contribution in [0.3, 0.4) is 0 Å². The Bertz CT molecular complexity index is 941. The molecule has 150 valence electrons. The first-order chi connectivity index (χ1) is 14.2. The quantitative estimate of drug-likeness (QED) is 0.690. The van der Waals surface area contributed by atoms with Gasteiger partial charge < -0.3 is 14.6 Å². The van der Waals surface area contributed by atoms with Crippen molar-refractivity contribution in [2.75, 3.05) is 25.5 Å². The number of hydrogen-bond donors (Lipinski definition) is 1. The highest BCUT2D eigenvalue weighted by molar-refractivity contribution is 5.97. The molecule has 1 fully saturated rings. The lowest BCUT2D eigenvalue weighted by Crippen LogP contribution is -2.40. The molecule has 3 aromatic rings. The molecule has 0 saturated carbocycles. The summed E-state index contributed by atoms with van der Waals surface area (Å²) in [4.78, 5) is 19.3. The maximum absolute atomic E-state index is 13.0. The number of rotatable bonds is 6. The maximum Gasteiger partial charge on any atom is 0.228 e. The molecule has 0 spiro atoms. The summed E-state index contributed by atoms with van der Waals surface area (Å²) in [5.74, 6) is 1.43. The zero-order valence-electron chi connectivity index (χ0n) is 16.4. The second-order valence-corrected chi connectivity index (χ2v) is 7.19. The number of hydrogen-bond acceptors (Lipinski definition) is 6. The highest BCUT2D eigenvalue weighted by atomic mass is 16.5. The monoisotopic (exact) mass is 392 g/mol. The van der Waals surface area contributed by atoms with Crippen LogP contribution in [0.15, 0.2) is 59.4 Å². The second-order valence-electron chi connectivity index (χ2n) is 7.19. The van der Waals surface area contributed by atoms with Gasteiger partial charge in [0.2, 0.25) is 12.3 Å². The zero-order chi connectivity index (χ0) is 20.1. The number of likely N-dealkylation sites (tertiary alicyclic amines) is 1. The van der Waals surface area contributed by atoms with E-state index in [1.165, 1.54) is 6.39 Å². The minimum atomic E-state index is -0.0698. The molecule has 1 atom stereocenters. The van der Waals surface area contributed by atoms with Crippen molar-refractivity contribution in [1.29, 1.82) is 0 Å². The first-order valence-electron chi connectivity index (χ1n) is 9.75. The molecule has 0 aliphatic carbocycles. The molecular weight excluding hydrogens is 368 g/mol. The summed E-state index contributed by atoms with van der Waals surface area (Å²) in [5.41, 5.74) is 2.84. The van der Waals surface area contributed by atoms with E-state index in [9.17, 15) is 4.79 Å². The van der Waals surface area contributed by atoms with Gasteiger partial charge in [0.1, 0.15) is 5.75 Å². The Morgan fingerprint density at radius 3 is 2.83 bits per heavy atom. The van der Waals surface area contributed by atoms with Gasteiger partial charge in [-0.3, -0.25) is 9.69 Å². The highest BCUT2D eigenvalue weighted by Crippen LogP contribution is 2.30. The van der Waals surface area contributed by atoms with Crippen LogP contribution in [0, 0.1) is 5.92 Å². The molecule has 29 heavy (non-hydrogen) atoms. The third-order valence-electron chi connectivity index (χ3n) is 5.23. The van der Waals surface area contributed by atoms with Gasteiger partial charge in [-0.05, 0) is 43.1 Å². The van der Waals surface area contributed by atoms with Crippen molar-refractivity contribution in [3.05, 3.63) is 60.7 Å². The van der Waals surface area contributed by atoms with Gasteiger partial charge in [0.25, 0.3) is 0 Å². The van der Waals surface area contributed by atoms with Gasteiger partial charge in [0.05, 0.1) is 19.6 Å². The molecule has 1 saturated heterocycles. The van der Waals surface area contributed by atoms with Crippen LogP contribution in [0.4, 0.5) is 5.69 Å². The van der Waals surface area contributed by atoms with Crippen LogP contribution in [0.25, 0.3) is 11.1 Å². The van der Waals surface area contributed by atoms with Crippen LogP contribution in [0.5, 0.6) is 5.75 Å². The van der Waals surface area contributed by atoms with Gasteiger partial charge in [0, 0.05) is 17.8 Å². The van der Waals surface area contributed by atoms with Gasteiger partial charge in [-0.15, -0.1) is 0 Å². The van der Waals surface area contributed by atoms with Gasteiger partial charge in [0.15, 0.2) is 5.82 Å². The van der Waals surface area contributed by atoms with Crippen LogP contribution in [-0.2, 0) is 11.3 Å². The molecule has 1 amide bonds. The Morgan fingerprint density at radius 1 is 1.24 bits per heavy atom. The predicted molar refractivity (Wildman–Crippen MR) is 109 cm³/mol. The molecule has 1 aliphatic heterocycles. The molecule has 7 nitrogen and oxygen atoms in total. The lowest BCUT2D eigenvalue weighted by atomic mass is 9.96. The van der Waals surface area contributed by atoms with E-state index in [1.807, 2.05) is 48.5 Å². The summed E-state index contributed by atoms with van der Waals surface area (Å²) < 4.78 is 10.0. The Hall–Kier alpha value is -3.19. The summed E-state index contributed by atoms with van der Waals surface area (Å²) in [5, 5.41) is 7.01. The van der Waals surface area contributed by atoms with Gasteiger partial charge in [-0.2, -0.15) is 4.98 Å². The Balaban J connectivity index is 1.45. The van der Waals surface area contributed by atoms with Crippen molar-refractivity contribution in [2.45, 2.75) is 19.4 Å². The lowest BCUT2D eigenvalue weighted by molar-refractivity contribution is -0.121. The number of piperidine rings is 1. The normalized spacial score (nSPS) is 17.1. The van der Waals surface area contributed by atoms with Crippen molar-refractivity contribution in [1.82, 2.24) is 15.0 Å². The molecule has 7 heteroatoms. The van der Waals surface area contributed by atoms with Crippen LogP contribution in [0.1, 0.15) is 18.7 Å². The number of carbonyl (C=O) groups excluding carboxylic acids is 1. The minimum absolute atomic E-state index is 0.0452. The summed E-state index contributed by atoms with van der Waals surface area (Å²) in [7, 11) is 1.65. The van der Waals surface area contributed by atoms with E-state index < -0.39 is 0 Å². The average molecular weight is 392 g/mol. The van der Waals surface area contributed by atoms with Crippen molar-refractivity contribution in [2.24, 2.45) is 5.92 Å². The van der Waals surface area contributed by atoms with Crippen LogP contribution >= 0.6 is 0 Å². The molecule has 0 bridgehead atoms. The summed E-state index contributed by atoms with van der Waals surface area (Å²) in [6.45, 7) is 2.22. The van der Waals surface area contributed by atoms with E-state index >= 15 is 0 Å². The SMILES string of the molecule is COc1ccc(-c2ccccc2NC(=O)C2CCCN(Cc3ncon3)C2)cc1. The smallest absolute Gasteiger partial charge is 0.228 e. The highest BCUT2D eigenvalue weighted by Gasteiger charge is 2.27. The molecule has 2 aromatic carbocycles. The Kier molecular flexibility index (Phi) is 5.86. The fraction of sp³-hybridized carbons (Fsp3) is 0.318. The van der Waals surface area contributed by atoms with Crippen molar-refractivity contribution < 1.29 is 14.1 Å². The summed E-state index contributed by atoms with van der Waals surface area (Å²) in [6.07, 6.45) is 3.18. The van der Waals surface area contributed by atoms with Crippen molar-refractivity contribution in [3.8, 4) is 16.9 Å². The summed E-state index contributed by atoms with van der Waals surface area (Å²) in [6, 6.07) is 15.7. The maximum atomic E-state index is 13.0. The van der Waals surface area contributed by atoms with E-state index in [4.69, 9.17) is 9.26 Å². The first kappa shape index (κ1) is 19.1. The fourth-order valence-electron chi connectivity index (χ4n) is 3.72. The van der Waals surface area contributed by atoms with E-state index in [-0.39, 0.29) is 11.8 Å². The van der Waals surface area contributed by atoms with Gasteiger partial charge >= 0.3 is 0 Å². The second kappa shape index (κ2) is 8.87. The van der Waals surface area contributed by atoms with Gasteiger partial charge in [-0.1, -0.05) is 35.5 Å². The zero-order valence-corrected chi connectivity index (χ0v) is 16.4. The van der Waals surface area contributed by atoms with Gasteiger partial charge in [-0.25, -0.2) is 0 Å². The van der Waals surface area contributed by atoms with Crippen molar-refractivity contribution in [3.63, 3.8) is 0 Å². The number of methoxy groups -OCH3 is 1. The number of amides is 1. The molecule has 1 aliphatic rings. The molecule has 0 radical (unpaired) electrons. The molecule has 1 N–H and O–H groups in total. The third-order valence-corrected chi connectivity index (χ3v) is 5.23. The van der Waals surface area contributed by atoms with Crippen molar-refractivity contribution >= 4 is 11.6 Å². The number of carbonyl (C=O) groups is 1. The number of ether oxygens (including phenoxy) is 1. The lowest BCUT2D eigenvalue weighted by Gasteiger charge is -2.31. The predicted octanol–water partition coefficient (Wildman–Crippen LogP) is 3.60. The number of aromatic nitrogens is 2. The number of anilines is 1. The number of benzene rings is 2. The number of nitrogens with zero attached hydrogens (tertiary/aromatic N) is 3. The number of nitrogens with one attached hydrogen (secondary N) is 1. The largest absolute Gasteiger partial charge is 0.497 e. The Morgan fingerprint density at radius 2 is 2.07 bits per heavy atom. The standard InChI is InChI=1S/C22H24N4O3/c1-28-18-10-8-16(9-11-18)19-6-2-3-7-20(19)24-22(27)17-5-4-12-26(13-17)14-21-23-15-29-25-21/h2-3,6-11,15,17H,4-5,12-14H2,1H3,(H,24,27). The third kappa shape index (κ3) is 4.63. The molecule has 4 rings (SSSR count). The molecule has 1 unspecified atom stereocenters. The number of para-hydroxylation sites is 1.